The molecule has 0 atom stereocenters. The lowest BCUT2D eigenvalue weighted by atomic mass is 10.2. The van der Waals surface area contributed by atoms with Crippen LogP contribution in [0.2, 0.25) is 0 Å². The van der Waals surface area contributed by atoms with E-state index in [1.54, 1.807) is 42.5 Å². The molecule has 2 aromatic carbocycles. The van der Waals surface area contributed by atoms with Crippen LogP contribution in [0.4, 0.5) is 5.69 Å². The fourth-order valence-corrected chi connectivity index (χ4v) is 2.55. The molecule has 2 N–H and O–H groups in total. The second-order valence-electron chi connectivity index (χ2n) is 5.69. The van der Waals surface area contributed by atoms with E-state index in [2.05, 4.69) is 10.6 Å². The molecule has 0 saturated carbocycles. The Balaban J connectivity index is 1.55. The number of carbonyl (C=O) groups excluding carboxylic acids is 2. The summed E-state index contributed by atoms with van der Waals surface area (Å²) >= 11 is 5.16. The fraction of sp³-hybridized carbons (Fsp3) is 0.211. The van der Waals surface area contributed by atoms with E-state index in [0.29, 0.717) is 34.9 Å². The van der Waals surface area contributed by atoms with Gasteiger partial charge in [0.15, 0.2) is 16.6 Å². The summed E-state index contributed by atoms with van der Waals surface area (Å²) in [5.41, 5.74) is 1.49. The molecule has 0 saturated heterocycles. The standard InChI is InChI=1S/C19H18N2O5S/c1-2-9-24-18(23)12-3-6-14(7-4-12)20-19(27)21-17(22)13-5-8-15-16(10-13)26-11-25-15/h3-8,10H,2,9,11H2,1H3,(H2,20,21,22,27). The lowest BCUT2D eigenvalue weighted by Crippen LogP contribution is -2.34. The van der Waals surface area contributed by atoms with Crippen molar-refractivity contribution in [2.75, 3.05) is 18.7 Å². The van der Waals surface area contributed by atoms with Gasteiger partial charge >= 0.3 is 5.97 Å². The molecule has 1 aliphatic heterocycles. The quantitative estimate of drug-likeness (QED) is 0.603. The van der Waals surface area contributed by atoms with Crippen molar-refractivity contribution < 1.29 is 23.8 Å². The van der Waals surface area contributed by atoms with Crippen LogP contribution in [-0.2, 0) is 4.74 Å². The van der Waals surface area contributed by atoms with Gasteiger partial charge in [-0.1, -0.05) is 6.92 Å². The molecule has 2 aromatic rings. The summed E-state index contributed by atoms with van der Waals surface area (Å²) < 4.78 is 15.5. The van der Waals surface area contributed by atoms with E-state index in [-0.39, 0.29) is 23.8 Å². The highest BCUT2D eigenvalue weighted by Gasteiger charge is 2.17. The zero-order chi connectivity index (χ0) is 19.2. The molecule has 3 rings (SSSR count). The van der Waals surface area contributed by atoms with Gasteiger partial charge in [0.05, 0.1) is 12.2 Å². The van der Waals surface area contributed by atoms with E-state index in [9.17, 15) is 9.59 Å². The molecule has 0 spiro atoms. The minimum Gasteiger partial charge on any atom is -0.462 e. The van der Waals surface area contributed by atoms with Crippen LogP contribution in [0, 0.1) is 0 Å². The van der Waals surface area contributed by atoms with Gasteiger partial charge in [-0.05, 0) is 61.1 Å². The summed E-state index contributed by atoms with van der Waals surface area (Å²) in [7, 11) is 0. The molecule has 140 valence electrons. The van der Waals surface area contributed by atoms with Crippen LogP contribution in [0.1, 0.15) is 34.1 Å². The number of hydrogen-bond donors (Lipinski definition) is 2. The summed E-state index contributed by atoms with van der Waals surface area (Å²) in [6.07, 6.45) is 0.767. The monoisotopic (exact) mass is 386 g/mol. The zero-order valence-electron chi connectivity index (χ0n) is 14.6. The van der Waals surface area contributed by atoms with Crippen molar-refractivity contribution in [1.82, 2.24) is 5.32 Å². The molecule has 0 aromatic heterocycles. The maximum absolute atomic E-state index is 12.3. The average molecular weight is 386 g/mol. The third kappa shape index (κ3) is 4.73. The third-order valence-electron chi connectivity index (χ3n) is 3.68. The Morgan fingerprint density at radius 2 is 1.78 bits per heavy atom. The SMILES string of the molecule is CCCOC(=O)c1ccc(NC(=S)NC(=O)c2ccc3c(c2)OCO3)cc1. The zero-order valence-corrected chi connectivity index (χ0v) is 15.4. The fourth-order valence-electron chi connectivity index (χ4n) is 2.34. The third-order valence-corrected chi connectivity index (χ3v) is 3.88. The van der Waals surface area contributed by atoms with Crippen LogP contribution in [0.25, 0.3) is 0 Å². The number of benzene rings is 2. The van der Waals surface area contributed by atoms with Gasteiger partial charge in [0.2, 0.25) is 6.79 Å². The summed E-state index contributed by atoms with van der Waals surface area (Å²) in [5, 5.41) is 5.63. The highest BCUT2D eigenvalue weighted by Crippen LogP contribution is 2.32. The van der Waals surface area contributed by atoms with Gasteiger partial charge in [0.1, 0.15) is 0 Å². The van der Waals surface area contributed by atoms with Crippen molar-refractivity contribution in [3.63, 3.8) is 0 Å². The van der Waals surface area contributed by atoms with Crippen LogP contribution < -0.4 is 20.1 Å². The highest BCUT2D eigenvalue weighted by molar-refractivity contribution is 7.80. The van der Waals surface area contributed by atoms with Gasteiger partial charge < -0.3 is 19.5 Å². The Morgan fingerprint density at radius 1 is 1.07 bits per heavy atom. The molecule has 8 heteroatoms. The molecule has 27 heavy (non-hydrogen) atoms. The van der Waals surface area contributed by atoms with Gasteiger partial charge in [-0.25, -0.2) is 4.79 Å². The molecule has 0 fully saturated rings. The summed E-state index contributed by atoms with van der Waals surface area (Å²) in [6, 6.07) is 11.5. The van der Waals surface area contributed by atoms with Crippen molar-refractivity contribution in [2.24, 2.45) is 0 Å². The summed E-state index contributed by atoms with van der Waals surface area (Å²) in [6.45, 7) is 2.45. The first-order valence-corrected chi connectivity index (χ1v) is 8.77. The van der Waals surface area contributed by atoms with Crippen molar-refractivity contribution >= 4 is 34.9 Å². The maximum atomic E-state index is 12.3. The van der Waals surface area contributed by atoms with Crippen LogP contribution >= 0.6 is 12.2 Å². The number of thiocarbonyl (C=S) groups is 1. The molecular weight excluding hydrogens is 368 g/mol. The van der Waals surface area contributed by atoms with Crippen molar-refractivity contribution in [2.45, 2.75) is 13.3 Å². The van der Waals surface area contributed by atoms with E-state index in [4.69, 9.17) is 26.4 Å². The summed E-state index contributed by atoms with van der Waals surface area (Å²) in [5.74, 6) is 0.379. The molecule has 0 unspecified atom stereocenters. The number of fused-ring (bicyclic) bond motifs is 1. The lowest BCUT2D eigenvalue weighted by Gasteiger charge is -2.10. The first-order valence-electron chi connectivity index (χ1n) is 8.36. The van der Waals surface area contributed by atoms with Crippen molar-refractivity contribution in [3.8, 4) is 11.5 Å². The Labute approximate surface area is 161 Å². The number of anilines is 1. The smallest absolute Gasteiger partial charge is 0.338 e. The first-order chi connectivity index (χ1) is 13.1. The molecular formula is C19H18N2O5S. The first kappa shape index (κ1) is 18.7. The van der Waals surface area contributed by atoms with Gasteiger partial charge in [-0.15, -0.1) is 0 Å². The van der Waals surface area contributed by atoms with Crippen LogP contribution in [0.3, 0.4) is 0 Å². The Bertz CT molecular complexity index is 867. The van der Waals surface area contributed by atoms with E-state index < -0.39 is 0 Å². The second kappa shape index (κ2) is 8.50. The molecule has 7 nitrogen and oxygen atoms in total. The number of esters is 1. The van der Waals surface area contributed by atoms with Crippen LogP contribution in [0.5, 0.6) is 11.5 Å². The second-order valence-corrected chi connectivity index (χ2v) is 6.10. The summed E-state index contributed by atoms with van der Waals surface area (Å²) in [4.78, 5) is 24.1. The van der Waals surface area contributed by atoms with Gasteiger partial charge in [0.25, 0.3) is 5.91 Å². The molecule has 1 heterocycles. The highest BCUT2D eigenvalue weighted by atomic mass is 32.1. The Kier molecular flexibility index (Phi) is 5.87. The number of nitrogens with one attached hydrogen (secondary N) is 2. The van der Waals surface area contributed by atoms with Crippen LogP contribution in [-0.4, -0.2) is 30.4 Å². The van der Waals surface area contributed by atoms with Gasteiger partial charge in [-0.3, -0.25) is 10.1 Å². The van der Waals surface area contributed by atoms with E-state index in [1.807, 2.05) is 6.92 Å². The topological polar surface area (TPSA) is 85.9 Å². The number of hydrogen-bond acceptors (Lipinski definition) is 6. The number of ether oxygens (including phenoxy) is 3. The van der Waals surface area contributed by atoms with Crippen molar-refractivity contribution in [3.05, 3.63) is 53.6 Å². The average Bonchev–Trinajstić information content (AvgIpc) is 3.14. The Hall–Kier alpha value is -3.13. The predicted octanol–water partition coefficient (Wildman–Crippen LogP) is 3.11. The molecule has 0 bridgehead atoms. The normalized spacial score (nSPS) is 11.6. The molecule has 1 amide bonds. The Morgan fingerprint density at radius 3 is 2.52 bits per heavy atom. The number of rotatable bonds is 5. The lowest BCUT2D eigenvalue weighted by molar-refractivity contribution is 0.0505. The maximum Gasteiger partial charge on any atom is 0.338 e. The van der Waals surface area contributed by atoms with E-state index in [0.717, 1.165) is 6.42 Å². The van der Waals surface area contributed by atoms with Gasteiger partial charge in [0, 0.05) is 11.3 Å². The van der Waals surface area contributed by atoms with Gasteiger partial charge in [-0.2, -0.15) is 0 Å². The minimum absolute atomic E-state index is 0.138. The molecule has 0 radical (unpaired) electrons. The molecule has 1 aliphatic rings. The number of carbonyl (C=O) groups is 2. The predicted molar refractivity (Wildman–Crippen MR) is 103 cm³/mol. The largest absolute Gasteiger partial charge is 0.462 e. The molecule has 0 aliphatic carbocycles. The number of amides is 1. The van der Waals surface area contributed by atoms with E-state index >= 15 is 0 Å². The van der Waals surface area contributed by atoms with Crippen LogP contribution in [0.15, 0.2) is 42.5 Å². The minimum atomic E-state index is -0.373. The van der Waals surface area contributed by atoms with Crippen molar-refractivity contribution in [1.29, 1.82) is 0 Å². The van der Waals surface area contributed by atoms with E-state index in [1.165, 1.54) is 0 Å².